The van der Waals surface area contributed by atoms with Crippen molar-refractivity contribution in [1.29, 1.82) is 0 Å². The van der Waals surface area contributed by atoms with Gasteiger partial charge in [-0.3, -0.25) is 9.59 Å². The highest BCUT2D eigenvalue weighted by atomic mass is 35.5. The van der Waals surface area contributed by atoms with Crippen LogP contribution in [0.5, 0.6) is 0 Å². The van der Waals surface area contributed by atoms with Crippen molar-refractivity contribution in [1.82, 2.24) is 20.4 Å². The Hall–Kier alpha value is -3.19. The molecule has 1 fully saturated rings. The quantitative estimate of drug-likeness (QED) is 0.650. The van der Waals surface area contributed by atoms with Crippen molar-refractivity contribution in [3.8, 4) is 0 Å². The number of hydrogen-bond donors (Lipinski definition) is 1. The maximum atomic E-state index is 12.9. The number of hydrogen-bond acceptors (Lipinski definition) is 5. The van der Waals surface area contributed by atoms with Crippen molar-refractivity contribution in [2.45, 2.75) is 32.2 Å². The summed E-state index contributed by atoms with van der Waals surface area (Å²) >= 11 is 5.88. The van der Waals surface area contributed by atoms with Crippen molar-refractivity contribution in [2.75, 3.05) is 13.1 Å². The third kappa shape index (κ3) is 5.11. The first-order valence-corrected chi connectivity index (χ1v) is 10.6. The molecule has 1 aliphatic rings. The van der Waals surface area contributed by atoms with E-state index < -0.39 is 0 Å². The molecular weight excluding hydrogens is 416 g/mol. The van der Waals surface area contributed by atoms with E-state index in [1.165, 1.54) is 0 Å². The van der Waals surface area contributed by atoms with Gasteiger partial charge in [0.05, 0.1) is 5.92 Å². The first kappa shape index (κ1) is 21.1. The molecular formula is C23H23ClN4O3. The SMILES string of the molecule is Cc1noc(C2CCCN(C(=O)c3ccc(C(=O)NCc4ccc(Cl)cc4)cc3)C2)n1. The predicted molar refractivity (Wildman–Crippen MR) is 116 cm³/mol. The highest BCUT2D eigenvalue weighted by Crippen LogP contribution is 2.26. The summed E-state index contributed by atoms with van der Waals surface area (Å²) < 4.78 is 5.29. The highest BCUT2D eigenvalue weighted by molar-refractivity contribution is 6.30. The molecule has 1 aromatic heterocycles. The third-order valence-electron chi connectivity index (χ3n) is 5.36. The molecule has 0 spiro atoms. The standard InChI is InChI=1S/C23H23ClN4O3/c1-15-26-22(31-27-15)19-3-2-12-28(14-19)23(30)18-8-6-17(7-9-18)21(29)25-13-16-4-10-20(24)11-5-16/h4-11,19H,2-3,12-14H2,1H3,(H,25,29). The van der Waals surface area contributed by atoms with Crippen molar-refractivity contribution in [2.24, 2.45) is 0 Å². The van der Waals surface area contributed by atoms with Crippen LogP contribution < -0.4 is 5.32 Å². The van der Waals surface area contributed by atoms with Crippen molar-refractivity contribution >= 4 is 23.4 Å². The Morgan fingerprint density at radius 2 is 1.84 bits per heavy atom. The number of carbonyl (C=O) groups excluding carboxylic acids is 2. The zero-order valence-corrected chi connectivity index (χ0v) is 17.9. The first-order valence-electron chi connectivity index (χ1n) is 10.2. The summed E-state index contributed by atoms with van der Waals surface area (Å²) in [6, 6.07) is 14.0. The Morgan fingerprint density at radius 1 is 1.13 bits per heavy atom. The Kier molecular flexibility index (Phi) is 6.32. The fourth-order valence-corrected chi connectivity index (χ4v) is 3.80. The van der Waals surface area contributed by atoms with Crippen LogP contribution in [-0.2, 0) is 6.54 Å². The van der Waals surface area contributed by atoms with Gasteiger partial charge in [0.15, 0.2) is 5.82 Å². The minimum absolute atomic E-state index is 0.0526. The smallest absolute Gasteiger partial charge is 0.253 e. The van der Waals surface area contributed by atoms with Crippen LogP contribution in [0.25, 0.3) is 0 Å². The number of piperidine rings is 1. The lowest BCUT2D eigenvalue weighted by Gasteiger charge is -2.31. The molecule has 0 saturated carbocycles. The number of nitrogens with zero attached hydrogens (tertiary/aromatic N) is 3. The summed E-state index contributed by atoms with van der Waals surface area (Å²) in [7, 11) is 0. The molecule has 7 nitrogen and oxygen atoms in total. The molecule has 2 heterocycles. The van der Waals surface area contributed by atoms with E-state index in [0.717, 1.165) is 18.4 Å². The fraction of sp³-hybridized carbons (Fsp3) is 0.304. The van der Waals surface area contributed by atoms with Crippen molar-refractivity contribution in [3.05, 3.63) is 82.0 Å². The molecule has 0 radical (unpaired) electrons. The summed E-state index contributed by atoms with van der Waals surface area (Å²) in [6.45, 7) is 3.42. The zero-order valence-electron chi connectivity index (χ0n) is 17.2. The van der Waals surface area contributed by atoms with Gasteiger partial charge in [0.1, 0.15) is 0 Å². The maximum absolute atomic E-state index is 12.9. The number of carbonyl (C=O) groups is 2. The van der Waals surface area contributed by atoms with Crippen LogP contribution in [0.15, 0.2) is 53.1 Å². The summed E-state index contributed by atoms with van der Waals surface area (Å²) in [5.41, 5.74) is 2.01. The first-order chi connectivity index (χ1) is 15.0. The lowest BCUT2D eigenvalue weighted by atomic mass is 9.97. The highest BCUT2D eigenvalue weighted by Gasteiger charge is 2.28. The topological polar surface area (TPSA) is 88.3 Å². The summed E-state index contributed by atoms with van der Waals surface area (Å²) in [4.78, 5) is 31.5. The minimum atomic E-state index is -0.196. The van der Waals surface area contributed by atoms with Gasteiger partial charge in [-0.05, 0) is 61.7 Å². The average Bonchev–Trinajstić information content (AvgIpc) is 3.24. The second-order valence-electron chi connectivity index (χ2n) is 7.66. The Labute approximate surface area is 185 Å². The van der Waals surface area contributed by atoms with Gasteiger partial charge in [0.25, 0.3) is 11.8 Å². The Morgan fingerprint density at radius 3 is 2.52 bits per heavy atom. The van der Waals surface area contributed by atoms with Crippen LogP contribution in [0.3, 0.4) is 0 Å². The van der Waals surface area contributed by atoms with Gasteiger partial charge in [-0.15, -0.1) is 0 Å². The van der Waals surface area contributed by atoms with Gasteiger partial charge < -0.3 is 14.7 Å². The number of likely N-dealkylation sites (tertiary alicyclic amines) is 1. The van der Waals surface area contributed by atoms with Crippen LogP contribution in [0.1, 0.15) is 56.8 Å². The van der Waals surface area contributed by atoms with Gasteiger partial charge >= 0.3 is 0 Å². The van der Waals surface area contributed by atoms with Gasteiger partial charge in [0.2, 0.25) is 5.89 Å². The van der Waals surface area contributed by atoms with E-state index in [1.54, 1.807) is 43.3 Å². The summed E-state index contributed by atoms with van der Waals surface area (Å²) in [5, 5.41) is 7.38. The summed E-state index contributed by atoms with van der Waals surface area (Å²) in [5.74, 6) is 0.982. The van der Waals surface area contributed by atoms with Crippen LogP contribution in [0.2, 0.25) is 5.02 Å². The molecule has 0 aliphatic carbocycles. The molecule has 2 amide bonds. The minimum Gasteiger partial charge on any atom is -0.348 e. The van der Waals surface area contributed by atoms with Gasteiger partial charge in [-0.2, -0.15) is 4.98 Å². The van der Waals surface area contributed by atoms with E-state index >= 15 is 0 Å². The van der Waals surface area contributed by atoms with E-state index in [-0.39, 0.29) is 17.7 Å². The second kappa shape index (κ2) is 9.31. The molecule has 8 heteroatoms. The van der Waals surface area contributed by atoms with E-state index in [2.05, 4.69) is 15.5 Å². The maximum Gasteiger partial charge on any atom is 0.253 e. The molecule has 1 N–H and O–H groups in total. The van der Waals surface area contributed by atoms with Crippen LogP contribution in [0, 0.1) is 6.92 Å². The molecule has 3 aromatic rings. The van der Waals surface area contributed by atoms with Crippen LogP contribution in [0.4, 0.5) is 0 Å². The predicted octanol–water partition coefficient (Wildman–Crippen LogP) is 3.98. The fourth-order valence-electron chi connectivity index (χ4n) is 3.68. The Bertz CT molecular complexity index is 1060. The normalized spacial score (nSPS) is 16.2. The van der Waals surface area contributed by atoms with E-state index in [1.807, 2.05) is 17.0 Å². The van der Waals surface area contributed by atoms with Gasteiger partial charge in [-0.1, -0.05) is 28.9 Å². The molecule has 0 bridgehead atoms. The van der Waals surface area contributed by atoms with Gasteiger partial charge in [0, 0.05) is 35.8 Å². The molecule has 1 saturated heterocycles. The lowest BCUT2D eigenvalue weighted by Crippen LogP contribution is -2.39. The van der Waals surface area contributed by atoms with Crippen LogP contribution in [-0.4, -0.2) is 39.9 Å². The number of nitrogens with one attached hydrogen (secondary N) is 1. The molecule has 2 aromatic carbocycles. The number of benzene rings is 2. The van der Waals surface area contributed by atoms with Crippen molar-refractivity contribution < 1.29 is 14.1 Å². The third-order valence-corrected chi connectivity index (χ3v) is 5.61. The molecule has 160 valence electrons. The number of halogens is 1. The van der Waals surface area contributed by atoms with E-state index in [9.17, 15) is 9.59 Å². The Balaban J connectivity index is 1.36. The molecule has 1 unspecified atom stereocenters. The average molecular weight is 439 g/mol. The van der Waals surface area contributed by atoms with Crippen molar-refractivity contribution in [3.63, 3.8) is 0 Å². The zero-order chi connectivity index (χ0) is 21.8. The molecule has 4 rings (SSSR count). The molecule has 31 heavy (non-hydrogen) atoms. The number of aromatic nitrogens is 2. The molecule has 1 atom stereocenters. The lowest BCUT2D eigenvalue weighted by molar-refractivity contribution is 0.0695. The number of amides is 2. The second-order valence-corrected chi connectivity index (χ2v) is 8.09. The van der Waals surface area contributed by atoms with Gasteiger partial charge in [-0.25, -0.2) is 0 Å². The number of rotatable bonds is 5. The monoisotopic (exact) mass is 438 g/mol. The van der Waals surface area contributed by atoms with E-state index in [4.69, 9.17) is 16.1 Å². The number of aryl methyl sites for hydroxylation is 1. The van der Waals surface area contributed by atoms with E-state index in [0.29, 0.717) is 47.5 Å². The largest absolute Gasteiger partial charge is 0.348 e. The summed E-state index contributed by atoms with van der Waals surface area (Å²) in [6.07, 6.45) is 1.79. The van der Waals surface area contributed by atoms with Crippen LogP contribution >= 0.6 is 11.6 Å². The molecule has 1 aliphatic heterocycles.